The number of nitrogens with one attached hydrogen (secondary N) is 1. The van der Waals surface area contributed by atoms with Crippen molar-refractivity contribution in [2.45, 2.75) is 32.6 Å². The van der Waals surface area contributed by atoms with Crippen molar-refractivity contribution in [2.24, 2.45) is 17.8 Å². The van der Waals surface area contributed by atoms with Crippen molar-refractivity contribution < 1.29 is 4.79 Å². The van der Waals surface area contributed by atoms with Crippen LogP contribution in [-0.2, 0) is 4.79 Å². The molecule has 2 nitrogen and oxygen atoms in total. The van der Waals surface area contributed by atoms with Gasteiger partial charge in [0.05, 0.1) is 5.69 Å². The van der Waals surface area contributed by atoms with E-state index in [1.807, 2.05) is 25.1 Å². The molecule has 0 heterocycles. The number of aryl methyl sites for hydroxylation is 1. The van der Waals surface area contributed by atoms with Crippen molar-refractivity contribution in [3.63, 3.8) is 0 Å². The van der Waals surface area contributed by atoms with Gasteiger partial charge < -0.3 is 5.32 Å². The van der Waals surface area contributed by atoms with Gasteiger partial charge in [-0.3, -0.25) is 4.79 Å². The average molecular weight is 308 g/mol. The first-order chi connectivity index (χ1) is 8.63. The van der Waals surface area contributed by atoms with Crippen LogP contribution in [0.25, 0.3) is 0 Å². The van der Waals surface area contributed by atoms with E-state index < -0.39 is 0 Å². The van der Waals surface area contributed by atoms with Crippen LogP contribution in [0.4, 0.5) is 5.69 Å². The van der Waals surface area contributed by atoms with Gasteiger partial charge in [-0.15, -0.1) is 0 Å². The zero-order valence-corrected chi connectivity index (χ0v) is 12.2. The molecular weight excluding hydrogens is 290 g/mol. The molecule has 1 aromatic carbocycles. The van der Waals surface area contributed by atoms with E-state index in [2.05, 4.69) is 21.2 Å². The molecule has 2 bridgehead atoms. The molecule has 0 aromatic heterocycles. The summed E-state index contributed by atoms with van der Waals surface area (Å²) in [6.45, 7) is 2.05. The Kier molecular flexibility index (Phi) is 3.18. The number of amides is 1. The Balaban J connectivity index is 1.71. The number of halogens is 1. The van der Waals surface area contributed by atoms with Crippen molar-refractivity contribution in [3.8, 4) is 0 Å². The van der Waals surface area contributed by atoms with Crippen molar-refractivity contribution in [1.82, 2.24) is 0 Å². The summed E-state index contributed by atoms with van der Waals surface area (Å²) < 4.78 is 0.971. The Hall–Kier alpha value is -0.830. The first-order valence-corrected chi connectivity index (χ1v) is 7.50. The number of hydrogen-bond acceptors (Lipinski definition) is 1. The Morgan fingerprint density at radius 1 is 1.33 bits per heavy atom. The number of benzene rings is 1. The predicted molar refractivity (Wildman–Crippen MR) is 76.4 cm³/mol. The van der Waals surface area contributed by atoms with Gasteiger partial charge in [-0.1, -0.05) is 12.5 Å². The summed E-state index contributed by atoms with van der Waals surface area (Å²) in [4.78, 5) is 12.3. The summed E-state index contributed by atoms with van der Waals surface area (Å²) >= 11 is 3.51. The van der Waals surface area contributed by atoms with Crippen LogP contribution in [0, 0.1) is 24.7 Å². The fourth-order valence-corrected chi connectivity index (χ4v) is 4.11. The number of carbonyl (C=O) groups is 1. The van der Waals surface area contributed by atoms with Crippen LogP contribution < -0.4 is 5.32 Å². The van der Waals surface area contributed by atoms with Crippen molar-refractivity contribution in [1.29, 1.82) is 0 Å². The third-order valence-corrected chi connectivity index (χ3v) is 5.11. The minimum atomic E-state index is 0.215. The van der Waals surface area contributed by atoms with Crippen molar-refractivity contribution in [2.75, 3.05) is 5.32 Å². The maximum Gasteiger partial charge on any atom is 0.227 e. The quantitative estimate of drug-likeness (QED) is 0.874. The Morgan fingerprint density at radius 2 is 2.17 bits per heavy atom. The highest BCUT2D eigenvalue weighted by atomic mass is 79.9. The van der Waals surface area contributed by atoms with Crippen LogP contribution in [0.15, 0.2) is 22.7 Å². The van der Waals surface area contributed by atoms with E-state index in [-0.39, 0.29) is 11.8 Å². The highest BCUT2D eigenvalue weighted by Crippen LogP contribution is 2.48. The lowest BCUT2D eigenvalue weighted by molar-refractivity contribution is -0.121. The first kappa shape index (κ1) is 12.2. The SMILES string of the molecule is Cc1ccc(NC(=O)[C@@H]2C[C@@H]3CC[C@@H]2C3)c(Br)c1. The minimum absolute atomic E-state index is 0.215. The zero-order chi connectivity index (χ0) is 12.7. The highest BCUT2D eigenvalue weighted by molar-refractivity contribution is 9.10. The second-order valence-electron chi connectivity index (χ2n) is 5.75. The van der Waals surface area contributed by atoms with E-state index in [1.165, 1.54) is 24.8 Å². The van der Waals surface area contributed by atoms with Gasteiger partial charge in [-0.25, -0.2) is 0 Å². The average Bonchev–Trinajstić information content (AvgIpc) is 2.94. The van der Waals surface area contributed by atoms with E-state index in [1.54, 1.807) is 0 Å². The molecule has 0 spiro atoms. The summed E-state index contributed by atoms with van der Waals surface area (Å²) in [6, 6.07) is 6.04. The van der Waals surface area contributed by atoms with E-state index in [0.717, 1.165) is 22.5 Å². The molecule has 2 fully saturated rings. The summed E-state index contributed by atoms with van der Waals surface area (Å²) in [6.07, 6.45) is 4.95. The lowest BCUT2D eigenvalue weighted by Gasteiger charge is -2.21. The molecule has 0 radical (unpaired) electrons. The van der Waals surface area contributed by atoms with Crippen LogP contribution in [0.2, 0.25) is 0 Å². The van der Waals surface area contributed by atoms with Gasteiger partial charge in [-0.05, 0) is 71.6 Å². The lowest BCUT2D eigenvalue weighted by Crippen LogP contribution is -2.27. The maximum absolute atomic E-state index is 12.3. The molecule has 0 saturated heterocycles. The predicted octanol–water partition coefficient (Wildman–Crippen LogP) is 4.13. The molecule has 1 aromatic rings. The van der Waals surface area contributed by atoms with Gasteiger partial charge in [0, 0.05) is 10.4 Å². The summed E-state index contributed by atoms with van der Waals surface area (Å²) in [5, 5.41) is 3.08. The number of fused-ring (bicyclic) bond motifs is 2. The normalized spacial score (nSPS) is 29.6. The molecule has 18 heavy (non-hydrogen) atoms. The molecule has 2 aliphatic rings. The highest BCUT2D eigenvalue weighted by Gasteiger charge is 2.43. The van der Waals surface area contributed by atoms with Crippen molar-refractivity contribution in [3.05, 3.63) is 28.2 Å². The fraction of sp³-hybridized carbons (Fsp3) is 0.533. The molecule has 3 heteroatoms. The van der Waals surface area contributed by atoms with E-state index in [0.29, 0.717) is 5.92 Å². The summed E-state index contributed by atoms with van der Waals surface area (Å²) in [5.41, 5.74) is 2.09. The Morgan fingerprint density at radius 3 is 2.78 bits per heavy atom. The van der Waals surface area contributed by atoms with Gasteiger partial charge in [0.2, 0.25) is 5.91 Å². The molecule has 1 N–H and O–H groups in total. The van der Waals surface area contributed by atoms with E-state index in [4.69, 9.17) is 0 Å². The fourth-order valence-electron chi connectivity index (χ4n) is 3.51. The second kappa shape index (κ2) is 4.69. The van der Waals surface area contributed by atoms with Gasteiger partial charge in [-0.2, -0.15) is 0 Å². The van der Waals surface area contributed by atoms with Crippen LogP contribution >= 0.6 is 15.9 Å². The first-order valence-electron chi connectivity index (χ1n) is 6.70. The molecule has 3 rings (SSSR count). The monoisotopic (exact) mass is 307 g/mol. The largest absolute Gasteiger partial charge is 0.325 e. The third kappa shape index (κ3) is 2.20. The van der Waals surface area contributed by atoms with Crippen LogP contribution in [-0.4, -0.2) is 5.91 Å². The molecule has 2 aliphatic carbocycles. The van der Waals surface area contributed by atoms with E-state index >= 15 is 0 Å². The van der Waals surface area contributed by atoms with Crippen LogP contribution in [0.3, 0.4) is 0 Å². The Labute approximate surface area is 116 Å². The maximum atomic E-state index is 12.3. The van der Waals surface area contributed by atoms with Crippen LogP contribution in [0.1, 0.15) is 31.2 Å². The van der Waals surface area contributed by atoms with Crippen molar-refractivity contribution >= 4 is 27.5 Å². The van der Waals surface area contributed by atoms with Gasteiger partial charge in [0.15, 0.2) is 0 Å². The topological polar surface area (TPSA) is 29.1 Å². The molecule has 96 valence electrons. The number of anilines is 1. The lowest BCUT2D eigenvalue weighted by atomic mass is 9.88. The van der Waals surface area contributed by atoms with Crippen LogP contribution in [0.5, 0.6) is 0 Å². The van der Waals surface area contributed by atoms with Gasteiger partial charge in [0.25, 0.3) is 0 Å². The number of carbonyl (C=O) groups excluding carboxylic acids is 1. The van der Waals surface area contributed by atoms with Gasteiger partial charge >= 0.3 is 0 Å². The minimum Gasteiger partial charge on any atom is -0.325 e. The van der Waals surface area contributed by atoms with Gasteiger partial charge in [0.1, 0.15) is 0 Å². The zero-order valence-electron chi connectivity index (χ0n) is 10.6. The standard InChI is InChI=1S/C15H18BrNO/c1-9-2-5-14(13(16)6-9)17-15(18)12-8-10-3-4-11(12)7-10/h2,5-6,10-12H,3-4,7-8H2,1H3,(H,17,18)/t10-,11-,12-/m1/s1. The molecule has 3 atom stereocenters. The molecular formula is C15H18BrNO. The molecule has 0 unspecified atom stereocenters. The third-order valence-electron chi connectivity index (χ3n) is 4.46. The number of hydrogen-bond donors (Lipinski definition) is 1. The summed E-state index contributed by atoms with van der Waals surface area (Å²) in [5.74, 6) is 1.91. The number of rotatable bonds is 2. The second-order valence-corrected chi connectivity index (χ2v) is 6.61. The molecule has 2 saturated carbocycles. The van der Waals surface area contributed by atoms with E-state index in [9.17, 15) is 4.79 Å². The smallest absolute Gasteiger partial charge is 0.227 e. The Bertz CT molecular complexity index is 485. The molecule has 0 aliphatic heterocycles. The summed E-state index contributed by atoms with van der Waals surface area (Å²) in [7, 11) is 0. The molecule has 1 amide bonds.